The summed E-state index contributed by atoms with van der Waals surface area (Å²) < 4.78 is 5.25. The lowest BCUT2D eigenvalue weighted by Crippen LogP contribution is -2.15. The molecule has 0 unspecified atom stereocenters. The molecule has 2 rings (SSSR count). The van der Waals surface area contributed by atoms with Crippen LogP contribution < -0.4 is 15.4 Å². The Labute approximate surface area is 177 Å². The minimum atomic E-state index is -1.02. The first-order valence-electron chi connectivity index (χ1n) is 8.67. The Morgan fingerprint density at radius 1 is 1.07 bits per heavy atom. The van der Waals surface area contributed by atoms with Crippen LogP contribution in [0.3, 0.4) is 0 Å². The smallest absolute Gasteiger partial charge is 0.303 e. The minimum Gasteiger partial charge on any atom is -0.495 e. The molecule has 2 amide bonds. The number of rotatable bonds is 9. The molecule has 0 aliphatic rings. The molecule has 7 nitrogen and oxygen atoms in total. The van der Waals surface area contributed by atoms with E-state index in [1.54, 1.807) is 36.4 Å². The number of ether oxygens (including phenoxy) is 1. The summed E-state index contributed by atoms with van der Waals surface area (Å²) in [5.41, 5.74) is 1.95. The number of amides is 2. The van der Waals surface area contributed by atoms with Crippen molar-refractivity contribution in [2.75, 3.05) is 23.5 Å². The van der Waals surface area contributed by atoms with Gasteiger partial charge in [0.25, 0.3) is 0 Å². The molecule has 0 saturated carbocycles. The monoisotopic (exact) mass is 436 g/mol. The second-order valence-corrected chi connectivity index (χ2v) is 7.56. The highest BCUT2D eigenvalue weighted by Gasteiger charge is 2.11. The lowest BCUT2D eigenvalue weighted by Gasteiger charge is -2.12. The van der Waals surface area contributed by atoms with Crippen LogP contribution in [0.5, 0.6) is 5.75 Å². The van der Waals surface area contributed by atoms with Crippen molar-refractivity contribution in [3.05, 3.63) is 47.0 Å². The summed E-state index contributed by atoms with van der Waals surface area (Å²) in [4.78, 5) is 35.2. The van der Waals surface area contributed by atoms with Crippen molar-refractivity contribution in [3.8, 4) is 5.75 Å². The summed E-state index contributed by atoms with van der Waals surface area (Å²) in [6.07, 6.45) is -0.299. The van der Waals surface area contributed by atoms with Crippen LogP contribution in [0, 0.1) is 6.92 Å². The summed E-state index contributed by atoms with van der Waals surface area (Å²) in [5.74, 6) is -0.895. The number of carboxylic acids is 1. The number of hydrogen-bond donors (Lipinski definition) is 3. The highest BCUT2D eigenvalue weighted by atomic mass is 35.5. The highest BCUT2D eigenvalue weighted by molar-refractivity contribution is 8.00. The summed E-state index contributed by atoms with van der Waals surface area (Å²) in [5, 5.41) is 14.6. The van der Waals surface area contributed by atoms with Gasteiger partial charge in [0, 0.05) is 28.1 Å². The van der Waals surface area contributed by atoms with Gasteiger partial charge in [-0.3, -0.25) is 14.4 Å². The number of methoxy groups -OCH3 is 1. The number of benzene rings is 2. The van der Waals surface area contributed by atoms with E-state index in [4.69, 9.17) is 21.4 Å². The molecule has 0 heterocycles. The van der Waals surface area contributed by atoms with Crippen LogP contribution in [0.4, 0.5) is 11.4 Å². The van der Waals surface area contributed by atoms with E-state index in [-0.39, 0.29) is 30.4 Å². The second-order valence-electron chi connectivity index (χ2n) is 6.10. The molecule has 0 saturated heterocycles. The van der Waals surface area contributed by atoms with Gasteiger partial charge >= 0.3 is 5.97 Å². The largest absolute Gasteiger partial charge is 0.495 e. The molecule has 154 valence electrons. The molecule has 0 radical (unpaired) electrons. The van der Waals surface area contributed by atoms with Gasteiger partial charge in [-0.25, -0.2) is 0 Å². The fraction of sp³-hybridized carbons (Fsp3) is 0.250. The molecule has 0 aliphatic carbocycles. The van der Waals surface area contributed by atoms with Crippen LogP contribution in [0.15, 0.2) is 41.3 Å². The number of aliphatic carboxylic acids is 1. The Morgan fingerprint density at radius 2 is 1.76 bits per heavy atom. The molecule has 9 heteroatoms. The summed E-state index contributed by atoms with van der Waals surface area (Å²) >= 11 is 7.41. The van der Waals surface area contributed by atoms with Crippen LogP contribution >= 0.6 is 23.4 Å². The number of carbonyl (C=O) groups excluding carboxylic acids is 2. The highest BCUT2D eigenvalue weighted by Crippen LogP contribution is 2.31. The normalized spacial score (nSPS) is 10.3. The van der Waals surface area contributed by atoms with Crippen LogP contribution in [0.25, 0.3) is 0 Å². The van der Waals surface area contributed by atoms with E-state index in [0.717, 1.165) is 10.5 Å². The predicted octanol–water partition coefficient (Wildman–Crippen LogP) is 4.19. The number of nitrogens with one attached hydrogen (secondary N) is 2. The molecule has 3 N–H and O–H groups in total. The second kappa shape index (κ2) is 10.7. The van der Waals surface area contributed by atoms with Gasteiger partial charge in [0.2, 0.25) is 11.8 Å². The quantitative estimate of drug-likeness (QED) is 0.509. The van der Waals surface area contributed by atoms with Crippen molar-refractivity contribution < 1.29 is 24.2 Å². The Hall–Kier alpha value is -2.71. The molecule has 2 aromatic carbocycles. The fourth-order valence-electron chi connectivity index (χ4n) is 2.34. The Bertz CT molecular complexity index is 902. The fourth-order valence-corrected chi connectivity index (χ4v) is 3.20. The van der Waals surface area contributed by atoms with Crippen molar-refractivity contribution in [2.45, 2.75) is 24.7 Å². The summed E-state index contributed by atoms with van der Waals surface area (Å²) in [6, 6.07) is 10.4. The molecule has 0 spiro atoms. The Kier molecular flexibility index (Phi) is 8.35. The van der Waals surface area contributed by atoms with E-state index in [9.17, 15) is 14.4 Å². The number of halogens is 1. The molecular formula is C20H21ClN2O5S. The zero-order chi connectivity index (χ0) is 21.4. The third kappa shape index (κ3) is 7.32. The third-order valence-electron chi connectivity index (χ3n) is 3.83. The average Bonchev–Trinajstić information content (AvgIpc) is 2.68. The number of carboxylic acid groups (broad SMARTS) is 1. The number of hydrogen-bond acceptors (Lipinski definition) is 5. The molecule has 0 aliphatic heterocycles. The van der Waals surface area contributed by atoms with E-state index in [1.165, 1.54) is 18.9 Å². The van der Waals surface area contributed by atoms with Gasteiger partial charge in [-0.05, 0) is 42.8 Å². The first-order chi connectivity index (χ1) is 13.8. The van der Waals surface area contributed by atoms with Crippen molar-refractivity contribution in [2.24, 2.45) is 0 Å². The maximum Gasteiger partial charge on any atom is 0.303 e. The van der Waals surface area contributed by atoms with Crippen LogP contribution in [-0.2, 0) is 14.4 Å². The molecule has 0 fully saturated rings. The maximum atomic E-state index is 12.3. The van der Waals surface area contributed by atoms with Crippen LogP contribution in [-0.4, -0.2) is 35.8 Å². The zero-order valence-electron chi connectivity index (χ0n) is 16.0. The third-order valence-corrected chi connectivity index (χ3v) is 5.25. The van der Waals surface area contributed by atoms with Crippen molar-refractivity contribution >= 4 is 52.5 Å². The van der Waals surface area contributed by atoms with E-state index >= 15 is 0 Å². The topological polar surface area (TPSA) is 105 Å². The van der Waals surface area contributed by atoms with E-state index in [1.807, 2.05) is 6.92 Å². The van der Waals surface area contributed by atoms with Crippen LogP contribution in [0.2, 0.25) is 5.02 Å². The average molecular weight is 437 g/mol. The van der Waals surface area contributed by atoms with Crippen molar-refractivity contribution in [1.82, 2.24) is 0 Å². The van der Waals surface area contributed by atoms with Crippen molar-refractivity contribution in [1.29, 1.82) is 0 Å². The lowest BCUT2D eigenvalue weighted by molar-refractivity contribution is -0.138. The molecular weight excluding hydrogens is 416 g/mol. The van der Waals surface area contributed by atoms with Gasteiger partial charge in [0.15, 0.2) is 0 Å². The first kappa shape index (κ1) is 22.6. The Balaban J connectivity index is 1.87. The molecule has 0 aromatic heterocycles. The minimum absolute atomic E-state index is 0.0837. The standard InChI is InChI=1S/C20H21ClN2O5S/c1-12-9-16(17(28-2)10-15(12)21)23-19(25)11-29-14-5-3-13(4-6-14)22-18(24)7-8-20(26)27/h3-6,9-10H,7-8,11H2,1-2H3,(H,22,24)(H,23,25)(H,26,27). The SMILES string of the molecule is COc1cc(Cl)c(C)cc1NC(=O)CSc1ccc(NC(=O)CCC(=O)O)cc1. The maximum absolute atomic E-state index is 12.3. The summed E-state index contributed by atoms with van der Waals surface area (Å²) in [6.45, 7) is 1.84. The van der Waals surface area contributed by atoms with Crippen molar-refractivity contribution in [3.63, 3.8) is 0 Å². The molecule has 2 aromatic rings. The predicted molar refractivity (Wildman–Crippen MR) is 114 cm³/mol. The van der Waals surface area contributed by atoms with E-state index < -0.39 is 5.97 Å². The summed E-state index contributed by atoms with van der Waals surface area (Å²) in [7, 11) is 1.51. The van der Waals surface area contributed by atoms with Gasteiger partial charge < -0.3 is 20.5 Å². The van der Waals surface area contributed by atoms with Gasteiger partial charge in [-0.15, -0.1) is 11.8 Å². The molecule has 0 atom stereocenters. The van der Waals surface area contributed by atoms with E-state index in [0.29, 0.717) is 22.1 Å². The molecule has 29 heavy (non-hydrogen) atoms. The zero-order valence-corrected chi connectivity index (χ0v) is 17.5. The Morgan fingerprint density at radius 3 is 2.38 bits per heavy atom. The number of carbonyl (C=O) groups is 3. The first-order valence-corrected chi connectivity index (χ1v) is 10.0. The number of thioether (sulfide) groups is 1. The van der Waals surface area contributed by atoms with Gasteiger partial charge in [-0.1, -0.05) is 11.6 Å². The van der Waals surface area contributed by atoms with Gasteiger partial charge in [0.1, 0.15) is 5.75 Å². The van der Waals surface area contributed by atoms with E-state index in [2.05, 4.69) is 10.6 Å². The van der Waals surface area contributed by atoms with Gasteiger partial charge in [0.05, 0.1) is 25.0 Å². The van der Waals surface area contributed by atoms with Crippen LogP contribution in [0.1, 0.15) is 18.4 Å². The number of anilines is 2. The lowest BCUT2D eigenvalue weighted by atomic mass is 10.2. The van der Waals surface area contributed by atoms with Gasteiger partial charge in [-0.2, -0.15) is 0 Å². The number of aryl methyl sites for hydroxylation is 1. The molecule has 0 bridgehead atoms.